The highest BCUT2D eigenvalue weighted by molar-refractivity contribution is 5.76. The number of allylic oxidation sites excluding steroid dienone is 2. The number of hydrogen-bond acceptors (Lipinski definition) is 3. The number of phenolic OH excluding ortho intramolecular Hbond substituents is 1. The molecule has 1 aliphatic heterocycles. The molecular weight excluding hydrogens is 192 g/mol. The first kappa shape index (κ1) is 9.52. The molecule has 0 bridgehead atoms. The lowest BCUT2D eigenvalue weighted by molar-refractivity contribution is -0.113. The van der Waals surface area contributed by atoms with Crippen molar-refractivity contribution in [1.29, 1.82) is 0 Å². The van der Waals surface area contributed by atoms with Crippen molar-refractivity contribution in [3.8, 4) is 5.75 Å². The van der Waals surface area contributed by atoms with E-state index in [-0.39, 0.29) is 5.75 Å². The number of aldehydes is 1. The quantitative estimate of drug-likeness (QED) is 0.745. The van der Waals surface area contributed by atoms with Gasteiger partial charge in [0.25, 0.3) is 0 Å². The maximum atomic E-state index is 10.4. The van der Waals surface area contributed by atoms with Crippen LogP contribution in [0.25, 0.3) is 5.57 Å². The van der Waals surface area contributed by atoms with Crippen LogP contribution in [0.15, 0.2) is 42.7 Å². The third-order valence-corrected chi connectivity index (χ3v) is 2.15. The lowest BCUT2D eigenvalue weighted by atomic mass is 10.1. The van der Waals surface area contributed by atoms with E-state index in [1.807, 2.05) is 6.08 Å². The van der Waals surface area contributed by atoms with E-state index in [1.165, 1.54) is 0 Å². The monoisotopic (exact) mass is 202 g/mol. The summed E-state index contributed by atoms with van der Waals surface area (Å²) < 4.78 is 5.14. The average molecular weight is 202 g/mol. The average Bonchev–Trinajstić information content (AvgIpc) is 2.30. The lowest BCUT2D eigenvalue weighted by Gasteiger charge is -2.12. The maximum absolute atomic E-state index is 10.4. The molecule has 1 N–H and O–H groups in total. The number of hydrogen-bond donors (Lipinski definition) is 1. The van der Waals surface area contributed by atoms with Crippen LogP contribution < -0.4 is 0 Å². The highest BCUT2D eigenvalue weighted by Crippen LogP contribution is 2.22. The van der Waals surface area contributed by atoms with Crippen LogP contribution in [-0.2, 0) is 9.53 Å². The third-order valence-electron chi connectivity index (χ3n) is 2.15. The minimum atomic E-state index is -0.481. The Balaban J connectivity index is 2.20. The fourth-order valence-electron chi connectivity index (χ4n) is 1.33. The van der Waals surface area contributed by atoms with Crippen molar-refractivity contribution in [3.63, 3.8) is 0 Å². The van der Waals surface area contributed by atoms with Crippen molar-refractivity contribution in [2.45, 2.75) is 6.10 Å². The molecule has 0 spiro atoms. The van der Waals surface area contributed by atoms with Crippen LogP contribution in [-0.4, -0.2) is 17.5 Å². The highest BCUT2D eigenvalue weighted by Gasteiger charge is 2.08. The van der Waals surface area contributed by atoms with Crippen molar-refractivity contribution in [2.75, 3.05) is 0 Å². The molecule has 0 saturated carbocycles. The molecule has 0 aliphatic carbocycles. The number of carbonyl (C=O) groups is 1. The maximum Gasteiger partial charge on any atom is 0.171 e. The molecule has 1 aromatic rings. The molecule has 3 nitrogen and oxygen atoms in total. The summed E-state index contributed by atoms with van der Waals surface area (Å²) in [5, 5.41) is 9.12. The standard InChI is InChI=1S/C12H10O3/c13-7-12-6-3-10(8-15-12)9-1-4-11(14)5-2-9/h1-8,12,14H. The second-order valence-electron chi connectivity index (χ2n) is 3.22. The van der Waals surface area contributed by atoms with Gasteiger partial charge in [0.15, 0.2) is 12.4 Å². The van der Waals surface area contributed by atoms with Gasteiger partial charge in [0, 0.05) is 5.57 Å². The van der Waals surface area contributed by atoms with Crippen LogP contribution in [0.3, 0.4) is 0 Å². The molecule has 0 aromatic heterocycles. The van der Waals surface area contributed by atoms with Gasteiger partial charge in [0.1, 0.15) is 5.75 Å². The first-order valence-electron chi connectivity index (χ1n) is 4.58. The Bertz CT molecular complexity index is 415. The number of rotatable bonds is 2. The van der Waals surface area contributed by atoms with Gasteiger partial charge in [-0.15, -0.1) is 0 Å². The molecular formula is C12H10O3. The van der Waals surface area contributed by atoms with Gasteiger partial charge in [0.05, 0.1) is 6.26 Å². The van der Waals surface area contributed by atoms with Gasteiger partial charge >= 0.3 is 0 Å². The van der Waals surface area contributed by atoms with Crippen molar-refractivity contribution < 1.29 is 14.6 Å². The molecule has 0 radical (unpaired) electrons. The molecule has 0 fully saturated rings. The van der Waals surface area contributed by atoms with E-state index >= 15 is 0 Å². The van der Waals surface area contributed by atoms with Crippen molar-refractivity contribution in [1.82, 2.24) is 0 Å². The number of carbonyl (C=O) groups excluding carboxylic acids is 1. The molecule has 2 rings (SSSR count). The summed E-state index contributed by atoms with van der Waals surface area (Å²) in [5.41, 5.74) is 1.82. The van der Waals surface area contributed by atoms with Gasteiger partial charge in [0.2, 0.25) is 0 Å². The van der Waals surface area contributed by atoms with E-state index in [0.717, 1.165) is 17.4 Å². The van der Waals surface area contributed by atoms with Crippen LogP contribution in [0.4, 0.5) is 0 Å². The van der Waals surface area contributed by atoms with E-state index in [4.69, 9.17) is 9.84 Å². The second kappa shape index (κ2) is 4.00. The lowest BCUT2D eigenvalue weighted by Crippen LogP contribution is -2.10. The van der Waals surface area contributed by atoms with Crippen molar-refractivity contribution in [3.05, 3.63) is 48.2 Å². The smallest absolute Gasteiger partial charge is 0.171 e. The summed E-state index contributed by atoms with van der Waals surface area (Å²) in [5.74, 6) is 0.228. The highest BCUT2D eigenvalue weighted by atomic mass is 16.5. The van der Waals surface area contributed by atoms with Crippen LogP contribution in [0.5, 0.6) is 5.75 Å². The van der Waals surface area contributed by atoms with E-state index < -0.39 is 6.10 Å². The Kier molecular flexibility index (Phi) is 2.54. The van der Waals surface area contributed by atoms with Crippen LogP contribution >= 0.6 is 0 Å². The van der Waals surface area contributed by atoms with E-state index in [2.05, 4.69) is 0 Å². The van der Waals surface area contributed by atoms with Gasteiger partial charge in [-0.1, -0.05) is 18.2 Å². The van der Waals surface area contributed by atoms with Crippen LogP contribution in [0, 0.1) is 0 Å². The Morgan fingerprint density at radius 1 is 1.27 bits per heavy atom. The van der Waals surface area contributed by atoms with Gasteiger partial charge in [-0.3, -0.25) is 4.79 Å². The Morgan fingerprint density at radius 3 is 2.53 bits per heavy atom. The SMILES string of the molecule is O=CC1C=CC(c2ccc(O)cc2)=CO1. The predicted octanol–water partition coefficient (Wildman–Crippen LogP) is 1.89. The zero-order chi connectivity index (χ0) is 10.7. The molecule has 1 heterocycles. The zero-order valence-electron chi connectivity index (χ0n) is 7.96. The fraction of sp³-hybridized carbons (Fsp3) is 0.0833. The molecule has 1 aliphatic rings. The number of phenols is 1. The van der Waals surface area contributed by atoms with E-state index in [0.29, 0.717) is 0 Å². The minimum Gasteiger partial charge on any atom is -0.508 e. The summed E-state index contributed by atoms with van der Waals surface area (Å²) in [6.45, 7) is 0. The van der Waals surface area contributed by atoms with Gasteiger partial charge in [-0.05, 0) is 23.8 Å². The Morgan fingerprint density at radius 2 is 2.00 bits per heavy atom. The molecule has 1 aromatic carbocycles. The van der Waals surface area contributed by atoms with Gasteiger partial charge < -0.3 is 9.84 Å². The first-order chi connectivity index (χ1) is 7.29. The zero-order valence-corrected chi connectivity index (χ0v) is 7.96. The number of aromatic hydroxyl groups is 1. The third kappa shape index (κ3) is 2.07. The first-order valence-corrected chi connectivity index (χ1v) is 4.58. The second-order valence-corrected chi connectivity index (χ2v) is 3.22. The van der Waals surface area contributed by atoms with Gasteiger partial charge in [-0.2, -0.15) is 0 Å². The topological polar surface area (TPSA) is 46.5 Å². The molecule has 0 saturated heterocycles. The Hall–Kier alpha value is -2.03. The number of ether oxygens (including phenoxy) is 1. The van der Waals surface area contributed by atoms with Crippen LogP contribution in [0.2, 0.25) is 0 Å². The predicted molar refractivity (Wildman–Crippen MR) is 56.2 cm³/mol. The summed E-state index contributed by atoms with van der Waals surface area (Å²) in [7, 11) is 0. The van der Waals surface area contributed by atoms with Gasteiger partial charge in [-0.25, -0.2) is 0 Å². The summed E-state index contributed by atoms with van der Waals surface area (Å²) in [6, 6.07) is 6.79. The summed E-state index contributed by atoms with van der Waals surface area (Å²) in [4.78, 5) is 10.4. The summed E-state index contributed by atoms with van der Waals surface area (Å²) >= 11 is 0. The van der Waals surface area contributed by atoms with Crippen LogP contribution in [0.1, 0.15) is 5.56 Å². The molecule has 1 unspecified atom stereocenters. The molecule has 3 heteroatoms. The largest absolute Gasteiger partial charge is 0.508 e. The summed E-state index contributed by atoms with van der Waals surface area (Å²) in [6.07, 6.45) is 5.32. The fourth-order valence-corrected chi connectivity index (χ4v) is 1.33. The molecule has 15 heavy (non-hydrogen) atoms. The molecule has 0 amide bonds. The van der Waals surface area contributed by atoms with Crippen molar-refractivity contribution >= 4 is 11.9 Å². The molecule has 1 atom stereocenters. The van der Waals surface area contributed by atoms with E-state index in [1.54, 1.807) is 36.6 Å². The number of benzene rings is 1. The van der Waals surface area contributed by atoms with Crippen molar-refractivity contribution in [2.24, 2.45) is 0 Å². The van der Waals surface area contributed by atoms with E-state index in [9.17, 15) is 4.79 Å². The normalized spacial score (nSPS) is 19.2. The Labute approximate surface area is 87.3 Å². The minimum absolute atomic E-state index is 0.228. The molecule has 76 valence electrons.